The van der Waals surface area contributed by atoms with Crippen LogP contribution in [0.15, 0.2) is 11.6 Å². The first-order valence-corrected chi connectivity index (χ1v) is 12.5. The lowest BCUT2D eigenvalue weighted by molar-refractivity contribution is -0.156. The second-order valence-corrected chi connectivity index (χ2v) is 11.9. The molecule has 5 aliphatic rings. The van der Waals surface area contributed by atoms with E-state index in [0.717, 1.165) is 0 Å². The Labute approximate surface area is 197 Å². The topological polar surface area (TPSA) is 104 Å². The van der Waals surface area contributed by atoms with Crippen LogP contribution in [-0.4, -0.2) is 57.1 Å². The maximum Gasteiger partial charge on any atom is 0.303 e. The molecule has 182 valence electrons. The van der Waals surface area contributed by atoms with Crippen LogP contribution in [0.25, 0.3) is 0 Å². The molecule has 0 bridgehead atoms. The Morgan fingerprint density at radius 3 is 2.64 bits per heavy atom. The van der Waals surface area contributed by atoms with E-state index >= 15 is 4.39 Å². The third kappa shape index (κ3) is 2.76. The third-order valence-corrected chi connectivity index (χ3v) is 10.6. The van der Waals surface area contributed by atoms with Crippen molar-refractivity contribution in [2.45, 2.75) is 82.8 Å². The molecule has 1 spiro atoms. The Hall–Kier alpha value is -1.31. The normalized spacial score (nSPS) is 50.9. The van der Waals surface area contributed by atoms with Crippen LogP contribution >= 0.6 is 11.6 Å². The van der Waals surface area contributed by atoms with Gasteiger partial charge < -0.3 is 14.9 Å². The summed E-state index contributed by atoms with van der Waals surface area (Å²) in [7, 11) is 0. The van der Waals surface area contributed by atoms with Crippen molar-refractivity contribution in [3.63, 3.8) is 0 Å². The molecule has 33 heavy (non-hydrogen) atoms. The quantitative estimate of drug-likeness (QED) is 0.459. The van der Waals surface area contributed by atoms with Gasteiger partial charge in [0.1, 0.15) is 17.4 Å². The van der Waals surface area contributed by atoms with E-state index in [4.69, 9.17) is 16.3 Å². The number of hydrogen-bond acceptors (Lipinski definition) is 5. The first-order valence-electron chi connectivity index (χ1n) is 12.0. The molecule has 0 aromatic rings. The lowest BCUT2D eigenvalue weighted by Gasteiger charge is -2.58. The van der Waals surface area contributed by atoms with Gasteiger partial charge in [-0.25, -0.2) is 4.39 Å². The van der Waals surface area contributed by atoms with E-state index in [9.17, 15) is 24.6 Å². The van der Waals surface area contributed by atoms with Gasteiger partial charge in [-0.05, 0) is 61.5 Å². The van der Waals surface area contributed by atoms with E-state index in [2.05, 4.69) is 0 Å². The van der Waals surface area contributed by atoms with Crippen LogP contribution in [0.1, 0.15) is 59.3 Å². The fourth-order valence-corrected chi connectivity index (χ4v) is 8.82. The van der Waals surface area contributed by atoms with Crippen molar-refractivity contribution in [3.05, 3.63) is 11.6 Å². The van der Waals surface area contributed by atoms with Crippen molar-refractivity contribution >= 4 is 29.1 Å². The summed E-state index contributed by atoms with van der Waals surface area (Å²) in [6.07, 6.45) is 1.69. The third-order valence-electron chi connectivity index (χ3n) is 10.3. The van der Waals surface area contributed by atoms with Gasteiger partial charge in [0.25, 0.3) is 0 Å². The molecule has 1 saturated heterocycles. The first kappa shape index (κ1) is 23.4. The second kappa shape index (κ2) is 7.11. The minimum absolute atomic E-state index is 0.0995. The minimum Gasteiger partial charge on any atom is -0.481 e. The Bertz CT molecular complexity index is 967. The summed E-state index contributed by atoms with van der Waals surface area (Å²) in [4.78, 5) is 36.9. The van der Waals surface area contributed by atoms with Crippen LogP contribution in [-0.2, 0) is 19.1 Å². The van der Waals surface area contributed by atoms with Crippen molar-refractivity contribution in [3.8, 4) is 0 Å². The monoisotopic (exact) mass is 482 g/mol. The standard InChI is InChI=1S/C25H32ClFO6/c1-12(6-21(30)31)13-9-23(3)16(8-18(13)28)17(27)7-15-14-4-5-24(32,19(29)11-26)22(14,2)10-20-25(15,23)33-20/h8,12-15,17,20,32H,4-7,9-11H2,1-3H3,(H,30,31)/t12?,13?,14-,15-,17-,20?,22-,23-,24-,25?/m0/s1. The number of carbonyl (C=O) groups is 3. The number of rotatable bonds is 5. The van der Waals surface area contributed by atoms with Crippen molar-refractivity contribution in [2.24, 2.45) is 34.5 Å². The van der Waals surface area contributed by atoms with E-state index in [1.54, 1.807) is 6.92 Å². The van der Waals surface area contributed by atoms with Gasteiger partial charge in [-0.2, -0.15) is 0 Å². The highest BCUT2D eigenvalue weighted by molar-refractivity contribution is 6.29. The van der Waals surface area contributed by atoms with Crippen LogP contribution in [0.2, 0.25) is 0 Å². The molecule has 0 aromatic heterocycles. The van der Waals surface area contributed by atoms with Crippen molar-refractivity contribution < 1.29 is 33.7 Å². The van der Waals surface area contributed by atoms with Gasteiger partial charge in [-0.1, -0.05) is 20.8 Å². The number of alkyl halides is 2. The lowest BCUT2D eigenvalue weighted by atomic mass is 9.44. The van der Waals surface area contributed by atoms with Gasteiger partial charge in [0.15, 0.2) is 11.6 Å². The molecule has 4 aliphatic carbocycles. The zero-order chi connectivity index (χ0) is 24.1. The number of carboxylic acid groups (broad SMARTS) is 1. The van der Waals surface area contributed by atoms with E-state index in [-0.39, 0.29) is 54.1 Å². The number of fused-ring (bicyclic) bond motifs is 3. The molecule has 5 rings (SSSR count). The molecule has 4 fully saturated rings. The number of aliphatic carboxylic acids is 1. The molecular formula is C25H32ClFO6. The molecule has 0 aromatic carbocycles. The van der Waals surface area contributed by atoms with Crippen molar-refractivity contribution in [2.75, 3.05) is 5.88 Å². The molecular weight excluding hydrogens is 451 g/mol. The summed E-state index contributed by atoms with van der Waals surface area (Å²) in [5.74, 6) is -2.97. The molecule has 3 saturated carbocycles. The summed E-state index contributed by atoms with van der Waals surface area (Å²) in [6, 6.07) is 0. The van der Waals surface area contributed by atoms with E-state index < -0.39 is 40.1 Å². The molecule has 10 atom stereocenters. The number of carboxylic acids is 1. The minimum atomic E-state index is -1.54. The van der Waals surface area contributed by atoms with Gasteiger partial charge in [0, 0.05) is 23.2 Å². The summed E-state index contributed by atoms with van der Waals surface area (Å²) in [6.45, 7) is 5.66. The molecule has 8 heteroatoms. The van der Waals surface area contributed by atoms with Crippen LogP contribution < -0.4 is 0 Å². The SMILES string of the molecule is CC(CC(=O)O)C1C[C@@]2(C)C(=CC1=O)[C@@H](F)C[C@H]1[C@@H]3CC[C@](O)(C(=O)CCl)[C@@]3(C)CC3OC312. The predicted octanol–water partition coefficient (Wildman–Crippen LogP) is 3.47. The smallest absolute Gasteiger partial charge is 0.303 e. The molecule has 4 unspecified atom stereocenters. The van der Waals surface area contributed by atoms with Crippen molar-refractivity contribution in [1.29, 1.82) is 0 Å². The lowest BCUT2D eigenvalue weighted by Crippen LogP contribution is -2.63. The molecule has 1 aliphatic heterocycles. The van der Waals surface area contributed by atoms with Crippen LogP contribution in [0.4, 0.5) is 4.39 Å². The van der Waals surface area contributed by atoms with Gasteiger partial charge in [-0.3, -0.25) is 14.4 Å². The maximum absolute atomic E-state index is 15.7. The highest BCUT2D eigenvalue weighted by atomic mass is 35.5. The van der Waals surface area contributed by atoms with Gasteiger partial charge in [0.2, 0.25) is 0 Å². The predicted molar refractivity (Wildman–Crippen MR) is 117 cm³/mol. The summed E-state index contributed by atoms with van der Waals surface area (Å²) >= 11 is 5.85. The Kier molecular flexibility index (Phi) is 5.05. The van der Waals surface area contributed by atoms with Crippen LogP contribution in [0, 0.1) is 34.5 Å². The number of ketones is 2. The maximum atomic E-state index is 15.7. The van der Waals surface area contributed by atoms with Crippen LogP contribution in [0.3, 0.4) is 0 Å². The average Bonchev–Trinajstić information content (AvgIpc) is 3.40. The largest absolute Gasteiger partial charge is 0.481 e. The van der Waals surface area contributed by atoms with Crippen LogP contribution in [0.5, 0.6) is 0 Å². The van der Waals surface area contributed by atoms with Gasteiger partial charge in [-0.15, -0.1) is 11.6 Å². The van der Waals surface area contributed by atoms with E-state index in [1.165, 1.54) is 6.08 Å². The zero-order valence-corrected chi connectivity index (χ0v) is 20.0. The number of Topliss-reactive ketones (excluding diaryl/α,β-unsaturated/α-hetero) is 1. The summed E-state index contributed by atoms with van der Waals surface area (Å²) in [5.41, 5.74) is -3.20. The first-order chi connectivity index (χ1) is 15.4. The molecule has 2 N–H and O–H groups in total. The summed E-state index contributed by atoms with van der Waals surface area (Å²) < 4.78 is 22.2. The molecule has 0 radical (unpaired) electrons. The number of ether oxygens (including phenoxy) is 1. The Morgan fingerprint density at radius 2 is 2.00 bits per heavy atom. The van der Waals surface area contributed by atoms with E-state index in [1.807, 2.05) is 13.8 Å². The molecule has 1 heterocycles. The number of aliphatic hydroxyl groups is 1. The second-order valence-electron chi connectivity index (χ2n) is 11.6. The number of hydrogen-bond donors (Lipinski definition) is 2. The highest BCUT2D eigenvalue weighted by Crippen LogP contribution is 2.77. The summed E-state index contributed by atoms with van der Waals surface area (Å²) in [5, 5.41) is 20.7. The number of carbonyl (C=O) groups excluding carboxylic acids is 2. The van der Waals surface area contributed by atoms with Crippen molar-refractivity contribution in [1.82, 2.24) is 0 Å². The highest BCUT2D eigenvalue weighted by Gasteiger charge is 2.82. The molecule has 0 amide bonds. The van der Waals surface area contributed by atoms with E-state index in [0.29, 0.717) is 31.3 Å². The average molecular weight is 483 g/mol. The Balaban J connectivity index is 1.54. The fourth-order valence-electron chi connectivity index (χ4n) is 8.60. The van der Waals surface area contributed by atoms with Gasteiger partial charge in [0.05, 0.1) is 12.0 Å². The van der Waals surface area contributed by atoms with Gasteiger partial charge >= 0.3 is 5.97 Å². The number of halogens is 2. The Morgan fingerprint density at radius 1 is 1.30 bits per heavy atom. The number of epoxide rings is 1. The zero-order valence-electron chi connectivity index (χ0n) is 19.3. The molecule has 6 nitrogen and oxygen atoms in total. The fraction of sp³-hybridized carbons (Fsp3) is 0.800.